The first-order chi connectivity index (χ1) is 11.4. The average molecular weight is 408 g/mol. The zero-order valence-electron chi connectivity index (χ0n) is 14.4. The zero-order valence-corrected chi connectivity index (χ0v) is 16.8. The van der Waals surface area contributed by atoms with Crippen LogP contribution in [0.25, 0.3) is 0 Å². The Kier molecular flexibility index (Phi) is 6.90. The van der Waals surface area contributed by atoms with Crippen LogP contribution in [0.5, 0.6) is 5.75 Å². The number of nitrogens with zero attached hydrogens (tertiary/aromatic N) is 1. The molecule has 0 aromatic heterocycles. The van der Waals surface area contributed by atoms with Gasteiger partial charge in [0.2, 0.25) is 0 Å². The lowest BCUT2D eigenvalue weighted by Gasteiger charge is -2.19. The Labute approximate surface area is 156 Å². The number of hydrogen-bond acceptors (Lipinski definition) is 4. The van der Waals surface area contributed by atoms with Crippen LogP contribution in [0, 0.1) is 6.92 Å². The van der Waals surface area contributed by atoms with Crippen molar-refractivity contribution in [2.45, 2.75) is 31.6 Å². The van der Waals surface area contributed by atoms with Crippen molar-refractivity contribution in [2.24, 2.45) is 0 Å². The summed E-state index contributed by atoms with van der Waals surface area (Å²) in [6, 6.07) is 11.7. The molecule has 0 spiro atoms. The molecular formula is C19H22BrNO2S. The number of aryl methyl sites for hydroxylation is 1. The van der Waals surface area contributed by atoms with Crippen LogP contribution in [0.1, 0.15) is 41.3 Å². The maximum atomic E-state index is 11.1. The van der Waals surface area contributed by atoms with E-state index >= 15 is 0 Å². The van der Waals surface area contributed by atoms with E-state index in [0.29, 0.717) is 18.2 Å². The van der Waals surface area contributed by atoms with Gasteiger partial charge in [-0.2, -0.15) is 0 Å². The SMILES string of the molecule is Cc1cc(Br)c(C(C)C)cc1OCN(C)Sc1ccccc1C=O. The molecule has 0 amide bonds. The number of halogens is 1. The number of carbonyl (C=O) groups is 1. The molecule has 24 heavy (non-hydrogen) atoms. The van der Waals surface area contributed by atoms with Crippen LogP contribution in [0.3, 0.4) is 0 Å². The highest BCUT2D eigenvalue weighted by Crippen LogP contribution is 2.32. The normalized spacial score (nSPS) is 11.1. The molecule has 5 heteroatoms. The molecule has 0 aliphatic rings. The minimum Gasteiger partial charge on any atom is -0.477 e. The fourth-order valence-corrected chi connectivity index (χ4v) is 4.00. The van der Waals surface area contributed by atoms with Gasteiger partial charge >= 0.3 is 0 Å². The summed E-state index contributed by atoms with van der Waals surface area (Å²) < 4.78 is 9.07. The lowest BCUT2D eigenvalue weighted by Crippen LogP contribution is -2.17. The van der Waals surface area contributed by atoms with Crippen molar-refractivity contribution >= 4 is 34.2 Å². The maximum absolute atomic E-state index is 11.1. The molecule has 0 saturated carbocycles. The molecule has 0 radical (unpaired) electrons. The van der Waals surface area contributed by atoms with Crippen molar-refractivity contribution in [2.75, 3.05) is 13.8 Å². The highest BCUT2D eigenvalue weighted by molar-refractivity contribution is 9.10. The van der Waals surface area contributed by atoms with Gasteiger partial charge in [-0.25, -0.2) is 4.31 Å². The monoisotopic (exact) mass is 407 g/mol. The second-order valence-electron chi connectivity index (χ2n) is 5.94. The molecule has 0 bridgehead atoms. The van der Waals surface area contributed by atoms with Crippen molar-refractivity contribution < 1.29 is 9.53 Å². The van der Waals surface area contributed by atoms with E-state index in [-0.39, 0.29) is 0 Å². The average Bonchev–Trinajstić information content (AvgIpc) is 2.54. The molecule has 0 fully saturated rings. The van der Waals surface area contributed by atoms with Crippen molar-refractivity contribution in [1.82, 2.24) is 4.31 Å². The molecule has 128 valence electrons. The third-order valence-electron chi connectivity index (χ3n) is 3.62. The maximum Gasteiger partial charge on any atom is 0.151 e. The Morgan fingerprint density at radius 2 is 2.00 bits per heavy atom. The van der Waals surface area contributed by atoms with E-state index in [9.17, 15) is 4.79 Å². The smallest absolute Gasteiger partial charge is 0.151 e. The number of carbonyl (C=O) groups excluding carboxylic acids is 1. The molecule has 0 saturated heterocycles. The second kappa shape index (κ2) is 8.70. The van der Waals surface area contributed by atoms with Gasteiger partial charge < -0.3 is 4.74 Å². The van der Waals surface area contributed by atoms with E-state index in [1.54, 1.807) is 0 Å². The zero-order chi connectivity index (χ0) is 17.7. The molecule has 0 aliphatic heterocycles. The molecule has 2 aromatic carbocycles. The second-order valence-corrected chi connectivity index (χ2v) is 8.04. The van der Waals surface area contributed by atoms with Gasteiger partial charge in [-0.1, -0.05) is 48.0 Å². The number of hydrogen-bond donors (Lipinski definition) is 0. The molecule has 0 N–H and O–H groups in total. The molecule has 0 atom stereocenters. The van der Waals surface area contributed by atoms with E-state index in [1.807, 2.05) is 42.5 Å². The summed E-state index contributed by atoms with van der Waals surface area (Å²) in [6.45, 7) is 6.80. The van der Waals surface area contributed by atoms with Gasteiger partial charge in [0.05, 0.1) is 0 Å². The summed E-state index contributed by atoms with van der Waals surface area (Å²) in [5.74, 6) is 1.31. The van der Waals surface area contributed by atoms with E-state index in [1.165, 1.54) is 17.5 Å². The van der Waals surface area contributed by atoms with E-state index < -0.39 is 0 Å². The number of benzene rings is 2. The Hall–Kier alpha value is -1.30. The highest BCUT2D eigenvalue weighted by atomic mass is 79.9. The van der Waals surface area contributed by atoms with Gasteiger partial charge in [-0.3, -0.25) is 4.79 Å². The summed E-state index contributed by atoms with van der Waals surface area (Å²) in [7, 11) is 1.95. The van der Waals surface area contributed by atoms with Crippen LogP contribution in [-0.2, 0) is 0 Å². The molecule has 0 aliphatic carbocycles. The molecule has 0 unspecified atom stereocenters. The molecule has 0 heterocycles. The molecule has 2 rings (SSSR count). The largest absolute Gasteiger partial charge is 0.477 e. The standard InChI is InChI=1S/C19H22BrNO2S/c1-13(2)16-10-18(14(3)9-17(16)20)23-12-21(4)24-19-8-6-5-7-15(19)11-22/h5-11,13H,12H2,1-4H3. The van der Waals surface area contributed by atoms with E-state index in [4.69, 9.17) is 4.74 Å². The minimum absolute atomic E-state index is 0.425. The lowest BCUT2D eigenvalue weighted by molar-refractivity contribution is 0.112. The predicted molar refractivity (Wildman–Crippen MR) is 104 cm³/mol. The number of aldehydes is 1. The van der Waals surface area contributed by atoms with Gasteiger partial charge in [0.25, 0.3) is 0 Å². The highest BCUT2D eigenvalue weighted by Gasteiger charge is 2.11. The quantitative estimate of drug-likeness (QED) is 0.336. The molecule has 3 nitrogen and oxygen atoms in total. The van der Waals surface area contributed by atoms with Crippen LogP contribution < -0.4 is 4.74 Å². The van der Waals surface area contributed by atoms with Gasteiger partial charge in [0.1, 0.15) is 5.75 Å². The summed E-state index contributed by atoms with van der Waals surface area (Å²) in [5.41, 5.74) is 3.02. The first-order valence-electron chi connectivity index (χ1n) is 7.78. The first-order valence-corrected chi connectivity index (χ1v) is 9.35. The van der Waals surface area contributed by atoms with Gasteiger partial charge in [-0.05, 0) is 54.1 Å². The van der Waals surface area contributed by atoms with Crippen molar-refractivity contribution in [3.63, 3.8) is 0 Å². The minimum atomic E-state index is 0.425. The Bertz CT molecular complexity index is 719. The molecule has 2 aromatic rings. The van der Waals surface area contributed by atoms with Crippen LogP contribution >= 0.6 is 27.9 Å². The topological polar surface area (TPSA) is 29.5 Å². The fourth-order valence-electron chi connectivity index (χ4n) is 2.28. The first kappa shape index (κ1) is 19.0. The Morgan fingerprint density at radius 1 is 1.29 bits per heavy atom. The molecular weight excluding hydrogens is 386 g/mol. The Balaban J connectivity index is 2.05. The summed E-state index contributed by atoms with van der Waals surface area (Å²) in [5, 5.41) is 0. The van der Waals surface area contributed by atoms with Crippen molar-refractivity contribution in [3.05, 3.63) is 57.6 Å². The Morgan fingerprint density at radius 3 is 2.67 bits per heavy atom. The summed E-state index contributed by atoms with van der Waals surface area (Å²) in [4.78, 5) is 12.0. The van der Waals surface area contributed by atoms with Crippen LogP contribution in [0.4, 0.5) is 0 Å². The van der Waals surface area contributed by atoms with Gasteiger partial charge in [0, 0.05) is 22.0 Å². The third kappa shape index (κ3) is 4.85. The van der Waals surface area contributed by atoms with Crippen LogP contribution in [-0.4, -0.2) is 24.4 Å². The van der Waals surface area contributed by atoms with E-state index in [0.717, 1.165) is 27.0 Å². The summed E-state index contributed by atoms with van der Waals surface area (Å²) >= 11 is 5.12. The number of ether oxygens (including phenoxy) is 1. The van der Waals surface area contributed by atoms with E-state index in [2.05, 4.69) is 41.9 Å². The fraction of sp³-hybridized carbons (Fsp3) is 0.316. The third-order valence-corrected chi connectivity index (χ3v) is 5.29. The van der Waals surface area contributed by atoms with Crippen molar-refractivity contribution in [1.29, 1.82) is 0 Å². The number of rotatable bonds is 7. The van der Waals surface area contributed by atoms with Gasteiger partial charge in [0.15, 0.2) is 13.0 Å². The van der Waals surface area contributed by atoms with Crippen LogP contribution in [0.15, 0.2) is 45.8 Å². The van der Waals surface area contributed by atoms with Gasteiger partial charge in [-0.15, -0.1) is 0 Å². The van der Waals surface area contributed by atoms with Crippen LogP contribution in [0.2, 0.25) is 0 Å². The van der Waals surface area contributed by atoms with Crippen molar-refractivity contribution in [3.8, 4) is 5.75 Å². The summed E-state index contributed by atoms with van der Waals surface area (Å²) in [6.07, 6.45) is 0.880. The lowest BCUT2D eigenvalue weighted by atomic mass is 10.0. The predicted octanol–water partition coefficient (Wildman–Crippen LogP) is 5.67.